The summed E-state index contributed by atoms with van der Waals surface area (Å²) in [4.78, 5) is 15.6. The number of benzene rings is 1. The molecule has 2 unspecified atom stereocenters. The number of aromatic nitrogens is 4. The van der Waals surface area contributed by atoms with Crippen LogP contribution < -0.4 is 21.5 Å². The highest BCUT2D eigenvalue weighted by Crippen LogP contribution is 2.35. The van der Waals surface area contributed by atoms with Crippen molar-refractivity contribution >= 4 is 22.8 Å². The highest BCUT2D eigenvalue weighted by molar-refractivity contribution is 5.76. The summed E-state index contributed by atoms with van der Waals surface area (Å²) in [6.45, 7) is 0.283. The zero-order valence-corrected chi connectivity index (χ0v) is 14.7. The largest absolute Gasteiger partial charge is 0.353 e. The van der Waals surface area contributed by atoms with E-state index in [9.17, 15) is 4.39 Å². The molecule has 27 heavy (non-hydrogen) atoms. The summed E-state index contributed by atoms with van der Waals surface area (Å²) in [7, 11) is 0. The molecular weight excluding hydrogens is 347 g/mol. The van der Waals surface area contributed by atoms with E-state index in [-0.39, 0.29) is 18.5 Å². The van der Waals surface area contributed by atoms with Gasteiger partial charge >= 0.3 is 0 Å². The molecule has 1 aliphatic heterocycles. The summed E-state index contributed by atoms with van der Waals surface area (Å²) < 4.78 is 14.5. The minimum atomic E-state index is -0.331. The van der Waals surface area contributed by atoms with Crippen LogP contribution in [0.3, 0.4) is 0 Å². The van der Waals surface area contributed by atoms with Crippen LogP contribution in [0, 0.1) is 11.7 Å². The van der Waals surface area contributed by atoms with Crippen molar-refractivity contribution in [2.24, 2.45) is 5.92 Å². The molecule has 1 aliphatic carbocycles. The normalized spacial score (nSPS) is 22.3. The number of nitrogens with zero attached hydrogens (tertiary/aromatic N) is 3. The predicted octanol–water partition coefficient (Wildman–Crippen LogP) is 2.12. The second kappa shape index (κ2) is 6.75. The third-order valence-corrected chi connectivity index (χ3v) is 5.15. The van der Waals surface area contributed by atoms with Crippen LogP contribution in [0.25, 0.3) is 11.0 Å². The first-order chi connectivity index (χ1) is 13.3. The topological polar surface area (TPSA) is 103 Å². The molecule has 0 bridgehead atoms. The molecule has 1 aromatic carbocycles. The minimum absolute atomic E-state index is 0.137. The number of hydrogen-bond acceptors (Lipinski definition) is 7. The fraction of sp³-hybridized carbons (Fsp3) is 0.389. The molecule has 3 heterocycles. The number of halogens is 1. The number of H-pyrrole nitrogens is 1. The van der Waals surface area contributed by atoms with Gasteiger partial charge in [0.2, 0.25) is 5.95 Å². The average Bonchev–Trinajstić information content (AvgIpc) is 3.23. The standard InChI is InChI=1S/C18H21FN8/c19-16-11(3-4-12-17(16)23-9-22-12)8-21-18-20-6-5-14(25-18)24-15-7-13(26-27-15)10-1-2-10/h3-6,9-10,13,15,26-27H,1-2,7-8H2,(H,22,23)(H2,20,21,24,25). The number of hydrazine groups is 1. The summed E-state index contributed by atoms with van der Waals surface area (Å²) in [5.41, 5.74) is 8.16. The van der Waals surface area contributed by atoms with Gasteiger partial charge in [0, 0.05) is 24.3 Å². The predicted molar refractivity (Wildman–Crippen MR) is 100 cm³/mol. The number of imidazole rings is 1. The molecule has 1 saturated heterocycles. The molecule has 5 rings (SSSR count). The first kappa shape index (κ1) is 16.4. The summed E-state index contributed by atoms with van der Waals surface area (Å²) in [6.07, 6.45) is 6.96. The van der Waals surface area contributed by atoms with Gasteiger partial charge in [-0.05, 0) is 37.3 Å². The first-order valence-electron chi connectivity index (χ1n) is 9.21. The van der Waals surface area contributed by atoms with Crippen LogP contribution in [0.4, 0.5) is 16.2 Å². The van der Waals surface area contributed by atoms with Gasteiger partial charge in [-0.1, -0.05) is 6.07 Å². The van der Waals surface area contributed by atoms with Crippen LogP contribution in [-0.4, -0.2) is 32.1 Å². The van der Waals surface area contributed by atoms with Crippen molar-refractivity contribution in [3.63, 3.8) is 0 Å². The van der Waals surface area contributed by atoms with Crippen LogP contribution in [0.15, 0.2) is 30.7 Å². The Labute approximate surface area is 155 Å². The van der Waals surface area contributed by atoms with Gasteiger partial charge in [-0.25, -0.2) is 19.8 Å². The van der Waals surface area contributed by atoms with E-state index in [2.05, 4.69) is 41.4 Å². The SMILES string of the molecule is Fc1c(CNc2nccc(NC3CC(C4CC4)NN3)n2)ccc2[nH]cnc12. The van der Waals surface area contributed by atoms with Crippen molar-refractivity contribution in [1.82, 2.24) is 30.8 Å². The van der Waals surface area contributed by atoms with Crippen molar-refractivity contribution in [2.75, 3.05) is 10.6 Å². The van der Waals surface area contributed by atoms with E-state index in [1.807, 2.05) is 12.1 Å². The number of nitrogens with one attached hydrogen (secondary N) is 5. The summed E-state index contributed by atoms with van der Waals surface area (Å²) in [6, 6.07) is 5.91. The molecule has 1 saturated carbocycles. The molecular formula is C18H21FN8. The molecule has 2 atom stereocenters. The molecule has 0 spiro atoms. The number of rotatable bonds is 6. The Hall–Kier alpha value is -2.78. The van der Waals surface area contributed by atoms with Gasteiger partial charge in [0.1, 0.15) is 11.3 Å². The maximum atomic E-state index is 14.5. The Kier molecular flexibility index (Phi) is 4.10. The highest BCUT2D eigenvalue weighted by atomic mass is 19.1. The maximum Gasteiger partial charge on any atom is 0.224 e. The Balaban J connectivity index is 1.23. The summed E-state index contributed by atoms with van der Waals surface area (Å²) in [5, 5.41) is 6.46. The summed E-state index contributed by atoms with van der Waals surface area (Å²) >= 11 is 0. The smallest absolute Gasteiger partial charge is 0.224 e. The molecule has 5 N–H and O–H groups in total. The Bertz CT molecular complexity index is 953. The molecule has 0 amide bonds. The van der Waals surface area contributed by atoms with E-state index < -0.39 is 0 Å². The van der Waals surface area contributed by atoms with E-state index in [4.69, 9.17) is 0 Å². The zero-order chi connectivity index (χ0) is 18.2. The number of hydrogen-bond donors (Lipinski definition) is 5. The van der Waals surface area contributed by atoms with E-state index in [1.54, 1.807) is 12.3 Å². The van der Waals surface area contributed by atoms with E-state index >= 15 is 0 Å². The maximum absolute atomic E-state index is 14.5. The number of anilines is 2. The highest BCUT2D eigenvalue weighted by Gasteiger charge is 2.36. The molecule has 9 heteroatoms. The van der Waals surface area contributed by atoms with Gasteiger partial charge < -0.3 is 15.6 Å². The lowest BCUT2D eigenvalue weighted by Gasteiger charge is -2.13. The van der Waals surface area contributed by atoms with E-state index in [0.29, 0.717) is 28.6 Å². The lowest BCUT2D eigenvalue weighted by atomic mass is 10.1. The fourth-order valence-corrected chi connectivity index (χ4v) is 3.51. The van der Waals surface area contributed by atoms with Gasteiger partial charge in [0.25, 0.3) is 0 Å². The van der Waals surface area contributed by atoms with Crippen molar-refractivity contribution in [1.29, 1.82) is 0 Å². The van der Waals surface area contributed by atoms with Crippen LogP contribution in [0.2, 0.25) is 0 Å². The van der Waals surface area contributed by atoms with Crippen LogP contribution in [-0.2, 0) is 6.54 Å². The fourth-order valence-electron chi connectivity index (χ4n) is 3.51. The van der Waals surface area contributed by atoms with Crippen molar-refractivity contribution in [2.45, 2.75) is 38.0 Å². The summed E-state index contributed by atoms with van der Waals surface area (Å²) in [5.74, 6) is 1.65. The zero-order valence-electron chi connectivity index (χ0n) is 14.7. The molecule has 3 aromatic rings. The quantitative estimate of drug-likeness (QED) is 0.454. The molecule has 2 fully saturated rings. The minimum Gasteiger partial charge on any atom is -0.353 e. The molecule has 8 nitrogen and oxygen atoms in total. The number of fused-ring (bicyclic) bond motifs is 1. The van der Waals surface area contributed by atoms with Gasteiger partial charge in [0.05, 0.1) is 18.0 Å². The Morgan fingerprint density at radius 2 is 2.07 bits per heavy atom. The number of aromatic amines is 1. The second-order valence-corrected chi connectivity index (χ2v) is 7.12. The lowest BCUT2D eigenvalue weighted by molar-refractivity contribution is 0.502. The molecule has 0 radical (unpaired) electrons. The first-order valence-corrected chi connectivity index (χ1v) is 9.21. The van der Waals surface area contributed by atoms with Crippen LogP contribution >= 0.6 is 0 Å². The van der Waals surface area contributed by atoms with Crippen LogP contribution in [0.5, 0.6) is 0 Å². The van der Waals surface area contributed by atoms with Gasteiger partial charge in [0.15, 0.2) is 5.82 Å². The molecule has 2 aliphatic rings. The van der Waals surface area contributed by atoms with Gasteiger partial charge in [-0.15, -0.1) is 0 Å². The Morgan fingerprint density at radius 3 is 2.96 bits per heavy atom. The Morgan fingerprint density at radius 1 is 1.15 bits per heavy atom. The molecule has 140 valence electrons. The molecule has 2 aromatic heterocycles. The lowest BCUT2D eigenvalue weighted by Crippen LogP contribution is -2.37. The average molecular weight is 368 g/mol. The van der Waals surface area contributed by atoms with Gasteiger partial charge in [-0.2, -0.15) is 4.98 Å². The van der Waals surface area contributed by atoms with E-state index in [0.717, 1.165) is 18.2 Å². The van der Waals surface area contributed by atoms with Crippen LogP contribution in [0.1, 0.15) is 24.8 Å². The second-order valence-electron chi connectivity index (χ2n) is 7.12. The van der Waals surface area contributed by atoms with E-state index in [1.165, 1.54) is 19.2 Å². The monoisotopic (exact) mass is 368 g/mol. The van der Waals surface area contributed by atoms with Crippen molar-refractivity contribution in [3.8, 4) is 0 Å². The van der Waals surface area contributed by atoms with Crippen molar-refractivity contribution < 1.29 is 4.39 Å². The third-order valence-electron chi connectivity index (χ3n) is 5.15. The van der Waals surface area contributed by atoms with Crippen molar-refractivity contribution in [3.05, 3.63) is 42.1 Å². The van der Waals surface area contributed by atoms with Gasteiger partial charge in [-0.3, -0.25) is 5.43 Å². The third kappa shape index (κ3) is 3.43.